The van der Waals surface area contributed by atoms with Crippen LogP contribution in [0.4, 0.5) is 5.69 Å². The zero-order valence-electron chi connectivity index (χ0n) is 11.2. The van der Waals surface area contributed by atoms with E-state index in [1.807, 2.05) is 48.5 Å². The van der Waals surface area contributed by atoms with E-state index in [0.717, 1.165) is 15.7 Å². The summed E-state index contributed by atoms with van der Waals surface area (Å²) in [6, 6.07) is 15.2. The van der Waals surface area contributed by atoms with Gasteiger partial charge in [0, 0.05) is 4.47 Å². The maximum absolute atomic E-state index is 12.1. The van der Waals surface area contributed by atoms with Crippen molar-refractivity contribution in [3.8, 4) is 5.75 Å². The average Bonchev–Trinajstić information content (AvgIpc) is 2.52. The number of esters is 1. The van der Waals surface area contributed by atoms with Crippen LogP contribution < -0.4 is 10.1 Å². The maximum Gasteiger partial charge on any atom is 0.349 e. The minimum Gasteiger partial charge on any atom is -0.475 e. The van der Waals surface area contributed by atoms with Gasteiger partial charge in [0.05, 0.1) is 12.2 Å². The van der Waals surface area contributed by atoms with Crippen molar-refractivity contribution < 1.29 is 14.3 Å². The van der Waals surface area contributed by atoms with Crippen molar-refractivity contribution >= 4 is 27.6 Å². The van der Waals surface area contributed by atoms with Crippen LogP contribution >= 0.6 is 15.9 Å². The molecule has 0 bridgehead atoms. The highest BCUT2D eigenvalue weighted by Gasteiger charge is 2.26. The molecule has 2 aromatic carbocycles. The van der Waals surface area contributed by atoms with Gasteiger partial charge in [0.15, 0.2) is 0 Å². The van der Waals surface area contributed by atoms with Crippen molar-refractivity contribution in [2.75, 3.05) is 11.9 Å². The van der Waals surface area contributed by atoms with Crippen LogP contribution in [0.1, 0.15) is 5.56 Å². The van der Waals surface area contributed by atoms with Crippen molar-refractivity contribution in [3.63, 3.8) is 0 Å². The molecule has 1 N–H and O–H groups in total. The topological polar surface area (TPSA) is 47.6 Å². The summed E-state index contributed by atoms with van der Waals surface area (Å²) >= 11 is 3.39. The van der Waals surface area contributed by atoms with E-state index in [-0.39, 0.29) is 12.6 Å². The Morgan fingerprint density at radius 1 is 1.29 bits per heavy atom. The second kappa shape index (κ2) is 6.18. The molecule has 0 aromatic heterocycles. The smallest absolute Gasteiger partial charge is 0.349 e. The van der Waals surface area contributed by atoms with Crippen LogP contribution in [-0.2, 0) is 16.1 Å². The molecule has 0 spiro atoms. The number of ether oxygens (including phenoxy) is 2. The van der Waals surface area contributed by atoms with E-state index < -0.39 is 6.10 Å². The molecule has 108 valence electrons. The molecule has 1 unspecified atom stereocenters. The molecule has 0 saturated carbocycles. The standard InChI is InChI=1S/C16H14BrNO3/c17-12-5-3-4-11(8-12)10-20-16(19)15-9-18-13-6-1-2-7-14(13)21-15/h1-8,15,18H,9-10H2. The van der Waals surface area contributed by atoms with Gasteiger partial charge in [0.2, 0.25) is 6.10 Å². The molecule has 1 atom stereocenters. The second-order valence-electron chi connectivity index (χ2n) is 4.72. The van der Waals surface area contributed by atoms with Crippen LogP contribution in [0.2, 0.25) is 0 Å². The van der Waals surface area contributed by atoms with Crippen LogP contribution in [0.25, 0.3) is 0 Å². The fourth-order valence-corrected chi connectivity index (χ4v) is 2.57. The molecule has 1 aliphatic heterocycles. The zero-order chi connectivity index (χ0) is 14.7. The molecule has 3 rings (SSSR count). The average molecular weight is 348 g/mol. The third-order valence-electron chi connectivity index (χ3n) is 3.17. The van der Waals surface area contributed by atoms with E-state index in [1.54, 1.807) is 0 Å². The molecule has 2 aromatic rings. The van der Waals surface area contributed by atoms with E-state index in [0.29, 0.717) is 12.3 Å². The van der Waals surface area contributed by atoms with Gasteiger partial charge in [-0.05, 0) is 29.8 Å². The first-order valence-electron chi connectivity index (χ1n) is 6.63. The van der Waals surface area contributed by atoms with Gasteiger partial charge < -0.3 is 14.8 Å². The molecule has 0 saturated heterocycles. The van der Waals surface area contributed by atoms with Gasteiger partial charge >= 0.3 is 5.97 Å². The highest BCUT2D eigenvalue weighted by Crippen LogP contribution is 2.28. The van der Waals surface area contributed by atoms with Gasteiger partial charge in [-0.1, -0.05) is 40.2 Å². The Morgan fingerprint density at radius 2 is 2.14 bits per heavy atom. The van der Waals surface area contributed by atoms with E-state index >= 15 is 0 Å². The fourth-order valence-electron chi connectivity index (χ4n) is 2.12. The number of hydrogen-bond acceptors (Lipinski definition) is 4. The lowest BCUT2D eigenvalue weighted by Crippen LogP contribution is -2.38. The summed E-state index contributed by atoms with van der Waals surface area (Å²) in [7, 11) is 0. The van der Waals surface area contributed by atoms with Crippen molar-refractivity contribution in [3.05, 3.63) is 58.6 Å². The van der Waals surface area contributed by atoms with E-state index in [9.17, 15) is 4.79 Å². The summed E-state index contributed by atoms with van der Waals surface area (Å²) in [6.07, 6.45) is -0.618. The predicted molar refractivity (Wildman–Crippen MR) is 83.3 cm³/mol. The van der Waals surface area contributed by atoms with Gasteiger partial charge in [-0.25, -0.2) is 4.79 Å². The van der Waals surface area contributed by atoms with Crippen LogP contribution in [0.3, 0.4) is 0 Å². The zero-order valence-corrected chi connectivity index (χ0v) is 12.8. The summed E-state index contributed by atoms with van der Waals surface area (Å²) in [5.74, 6) is 0.310. The first kappa shape index (κ1) is 13.9. The normalized spacial score (nSPS) is 16.3. The number of halogens is 1. The van der Waals surface area contributed by atoms with Crippen molar-refractivity contribution in [1.82, 2.24) is 0 Å². The monoisotopic (exact) mass is 347 g/mol. The minimum absolute atomic E-state index is 0.236. The van der Waals surface area contributed by atoms with Crippen LogP contribution in [0, 0.1) is 0 Å². The van der Waals surface area contributed by atoms with Crippen molar-refractivity contribution in [2.24, 2.45) is 0 Å². The number of carbonyl (C=O) groups is 1. The number of anilines is 1. The summed E-state index contributed by atoms with van der Waals surface area (Å²) in [4.78, 5) is 12.1. The van der Waals surface area contributed by atoms with Crippen LogP contribution in [-0.4, -0.2) is 18.6 Å². The SMILES string of the molecule is O=C(OCc1cccc(Br)c1)C1CNc2ccccc2O1. The number of hydrogen-bond donors (Lipinski definition) is 1. The van der Waals surface area contributed by atoms with Gasteiger partial charge in [-0.3, -0.25) is 0 Å². The number of fused-ring (bicyclic) bond motifs is 1. The molecule has 21 heavy (non-hydrogen) atoms. The third-order valence-corrected chi connectivity index (χ3v) is 3.66. The lowest BCUT2D eigenvalue weighted by Gasteiger charge is -2.25. The molecule has 4 nitrogen and oxygen atoms in total. The molecule has 0 fully saturated rings. The minimum atomic E-state index is -0.618. The second-order valence-corrected chi connectivity index (χ2v) is 5.64. The predicted octanol–water partition coefficient (Wildman–Crippen LogP) is 3.37. The summed E-state index contributed by atoms with van der Waals surface area (Å²) < 4.78 is 11.9. The fraction of sp³-hybridized carbons (Fsp3) is 0.188. The van der Waals surface area contributed by atoms with E-state index in [2.05, 4.69) is 21.2 Å². The molecule has 1 heterocycles. The number of benzene rings is 2. The lowest BCUT2D eigenvalue weighted by atomic mass is 10.2. The van der Waals surface area contributed by atoms with Gasteiger partial charge in [0.25, 0.3) is 0 Å². The molecule has 0 amide bonds. The summed E-state index contributed by atoms with van der Waals surface area (Å²) in [5.41, 5.74) is 1.83. The van der Waals surface area contributed by atoms with Crippen LogP contribution in [0.15, 0.2) is 53.0 Å². The first-order chi connectivity index (χ1) is 10.2. The van der Waals surface area contributed by atoms with Crippen molar-refractivity contribution in [1.29, 1.82) is 0 Å². The Kier molecular flexibility index (Phi) is 4.10. The van der Waals surface area contributed by atoms with Gasteiger partial charge in [-0.2, -0.15) is 0 Å². The van der Waals surface area contributed by atoms with Crippen molar-refractivity contribution in [2.45, 2.75) is 12.7 Å². The Hall–Kier alpha value is -2.01. The summed E-state index contributed by atoms with van der Waals surface area (Å²) in [6.45, 7) is 0.647. The first-order valence-corrected chi connectivity index (χ1v) is 7.42. The molecule has 0 aliphatic carbocycles. The quantitative estimate of drug-likeness (QED) is 0.864. The Morgan fingerprint density at radius 3 is 3.00 bits per heavy atom. The number of carbonyl (C=O) groups excluding carboxylic acids is 1. The number of rotatable bonds is 3. The highest BCUT2D eigenvalue weighted by molar-refractivity contribution is 9.10. The Balaban J connectivity index is 1.59. The number of para-hydroxylation sites is 2. The number of nitrogens with one attached hydrogen (secondary N) is 1. The van der Waals surface area contributed by atoms with E-state index in [4.69, 9.17) is 9.47 Å². The summed E-state index contributed by atoms with van der Waals surface area (Å²) in [5, 5.41) is 3.17. The molecule has 0 radical (unpaired) electrons. The molecular formula is C16H14BrNO3. The van der Waals surface area contributed by atoms with Gasteiger partial charge in [0.1, 0.15) is 12.4 Å². The van der Waals surface area contributed by atoms with Gasteiger partial charge in [-0.15, -0.1) is 0 Å². The molecular weight excluding hydrogens is 334 g/mol. The van der Waals surface area contributed by atoms with Crippen LogP contribution in [0.5, 0.6) is 5.75 Å². The molecule has 1 aliphatic rings. The third kappa shape index (κ3) is 3.36. The highest BCUT2D eigenvalue weighted by atomic mass is 79.9. The molecule has 5 heteroatoms. The lowest BCUT2D eigenvalue weighted by molar-refractivity contribution is -0.152. The Bertz CT molecular complexity index is 659. The van der Waals surface area contributed by atoms with E-state index in [1.165, 1.54) is 0 Å². The largest absolute Gasteiger partial charge is 0.475 e. The maximum atomic E-state index is 12.1. The Labute approximate surface area is 131 Å².